The highest BCUT2D eigenvalue weighted by molar-refractivity contribution is 6.08. The molecule has 0 aliphatic carbocycles. The van der Waals surface area contributed by atoms with Crippen molar-refractivity contribution in [2.75, 3.05) is 10.6 Å². The van der Waals surface area contributed by atoms with E-state index in [1.807, 2.05) is 0 Å². The minimum atomic E-state index is -0.875. The van der Waals surface area contributed by atoms with E-state index >= 15 is 0 Å². The Balaban J connectivity index is 1.81. The van der Waals surface area contributed by atoms with Gasteiger partial charge in [-0.25, -0.2) is 0 Å². The largest absolute Gasteiger partial charge is 0.316 e. The lowest BCUT2D eigenvalue weighted by Crippen LogP contribution is -2.15. The molecule has 3 aromatic carbocycles. The molecule has 0 aliphatic rings. The summed E-state index contributed by atoms with van der Waals surface area (Å²) in [4.78, 5) is 66.0. The monoisotopic (exact) mass is 496 g/mol. The van der Waals surface area contributed by atoms with Crippen LogP contribution in [-0.4, -0.2) is 31.5 Å². The van der Waals surface area contributed by atoms with Gasteiger partial charge in [-0.3, -0.25) is 50.0 Å². The van der Waals surface area contributed by atoms with E-state index in [-0.39, 0.29) is 11.1 Å². The number of rotatable bonds is 8. The van der Waals surface area contributed by atoms with E-state index in [9.17, 15) is 50.0 Å². The first-order valence-corrected chi connectivity index (χ1v) is 9.56. The Morgan fingerprint density at radius 1 is 0.528 bits per heavy atom. The molecule has 0 aliphatic heterocycles. The summed E-state index contributed by atoms with van der Waals surface area (Å²) in [5.41, 5.74) is -3.12. The molecule has 36 heavy (non-hydrogen) atoms. The Morgan fingerprint density at radius 2 is 0.861 bits per heavy atom. The molecule has 2 amide bonds. The fourth-order valence-corrected chi connectivity index (χ4v) is 2.96. The van der Waals surface area contributed by atoms with Gasteiger partial charge in [-0.1, -0.05) is 0 Å². The Kier molecular flexibility index (Phi) is 6.90. The predicted octanol–water partition coefficient (Wildman–Crippen LogP) is 3.82. The summed E-state index contributed by atoms with van der Waals surface area (Å²) in [5, 5.41) is 48.7. The first kappa shape index (κ1) is 24.8. The Labute approximate surface area is 198 Å². The van der Waals surface area contributed by atoms with Gasteiger partial charge in [0.1, 0.15) is 11.4 Å². The SMILES string of the molecule is O=C(Nc1cc([N+](=O)[O-])ccc1[N+](=O)[O-])c1ccc(C(=O)Nc2cc([N+](=O)[O-])ccc2[N+](=O)[O-])cc1. The highest BCUT2D eigenvalue weighted by atomic mass is 16.6. The molecule has 0 unspecified atom stereocenters. The van der Waals surface area contributed by atoms with Crippen molar-refractivity contribution in [3.63, 3.8) is 0 Å². The molecular weight excluding hydrogens is 484 g/mol. The summed E-state index contributed by atoms with van der Waals surface area (Å²) < 4.78 is 0. The highest BCUT2D eigenvalue weighted by Gasteiger charge is 2.22. The second-order valence-corrected chi connectivity index (χ2v) is 6.92. The second-order valence-electron chi connectivity index (χ2n) is 6.92. The zero-order valence-electron chi connectivity index (χ0n) is 17.6. The predicted molar refractivity (Wildman–Crippen MR) is 122 cm³/mol. The van der Waals surface area contributed by atoms with Gasteiger partial charge in [0.05, 0.1) is 19.7 Å². The van der Waals surface area contributed by atoms with E-state index in [4.69, 9.17) is 0 Å². The molecule has 3 rings (SSSR count). The molecule has 0 atom stereocenters. The number of anilines is 2. The van der Waals surface area contributed by atoms with Crippen LogP contribution < -0.4 is 10.6 Å². The summed E-state index contributed by atoms with van der Waals surface area (Å²) in [6.45, 7) is 0. The summed E-state index contributed by atoms with van der Waals surface area (Å²) >= 11 is 0. The maximum absolute atomic E-state index is 12.5. The number of benzene rings is 3. The van der Waals surface area contributed by atoms with Crippen LogP contribution in [0.15, 0.2) is 60.7 Å². The Morgan fingerprint density at radius 3 is 1.14 bits per heavy atom. The number of nitro benzene ring substituents is 4. The van der Waals surface area contributed by atoms with Crippen LogP contribution in [0.4, 0.5) is 34.1 Å². The molecule has 0 spiro atoms. The summed E-state index contributed by atoms with van der Waals surface area (Å²) in [6, 6.07) is 9.85. The number of carbonyl (C=O) groups is 2. The molecule has 3 aromatic rings. The molecule has 0 radical (unpaired) electrons. The van der Waals surface area contributed by atoms with Crippen LogP contribution in [0.2, 0.25) is 0 Å². The van der Waals surface area contributed by atoms with Crippen LogP contribution in [0.5, 0.6) is 0 Å². The van der Waals surface area contributed by atoms with Crippen LogP contribution >= 0.6 is 0 Å². The quantitative estimate of drug-likeness (QED) is 0.338. The number of hydrogen-bond acceptors (Lipinski definition) is 10. The molecule has 0 heterocycles. The van der Waals surface area contributed by atoms with E-state index < -0.39 is 65.6 Å². The van der Waals surface area contributed by atoms with Crippen LogP contribution in [0.1, 0.15) is 20.7 Å². The van der Waals surface area contributed by atoms with E-state index in [1.54, 1.807) is 0 Å². The van der Waals surface area contributed by atoms with E-state index in [0.717, 1.165) is 60.7 Å². The fraction of sp³-hybridized carbons (Fsp3) is 0. The molecule has 0 fully saturated rings. The molecule has 2 N–H and O–H groups in total. The molecule has 0 saturated carbocycles. The first-order chi connectivity index (χ1) is 17.0. The summed E-state index contributed by atoms with van der Waals surface area (Å²) in [7, 11) is 0. The topological polar surface area (TPSA) is 231 Å². The Hall–Kier alpha value is -5.80. The maximum atomic E-state index is 12.5. The number of nitrogens with one attached hydrogen (secondary N) is 2. The first-order valence-electron chi connectivity index (χ1n) is 9.56. The maximum Gasteiger partial charge on any atom is 0.293 e. The van der Waals surface area contributed by atoms with Crippen LogP contribution in [-0.2, 0) is 0 Å². The third-order valence-electron chi connectivity index (χ3n) is 4.68. The van der Waals surface area contributed by atoms with E-state index in [0.29, 0.717) is 0 Å². The average Bonchev–Trinajstić information content (AvgIpc) is 2.83. The molecule has 0 saturated heterocycles. The van der Waals surface area contributed by atoms with Gasteiger partial charge in [-0.15, -0.1) is 0 Å². The molecule has 16 heteroatoms. The number of nitrogens with zero attached hydrogens (tertiary/aromatic N) is 4. The van der Waals surface area contributed by atoms with E-state index in [1.165, 1.54) is 0 Å². The smallest absolute Gasteiger partial charge is 0.293 e. The third-order valence-corrected chi connectivity index (χ3v) is 4.68. The van der Waals surface area contributed by atoms with Gasteiger partial charge < -0.3 is 10.6 Å². The van der Waals surface area contributed by atoms with Crippen molar-refractivity contribution in [1.82, 2.24) is 0 Å². The lowest BCUT2D eigenvalue weighted by atomic mass is 10.1. The van der Waals surface area contributed by atoms with Crippen molar-refractivity contribution in [3.05, 3.63) is 112 Å². The van der Waals surface area contributed by atoms with Gasteiger partial charge in [0.15, 0.2) is 0 Å². The van der Waals surface area contributed by atoms with Crippen molar-refractivity contribution in [2.45, 2.75) is 0 Å². The summed E-state index contributed by atoms with van der Waals surface area (Å²) in [5.74, 6) is -1.75. The molecule has 0 bridgehead atoms. The van der Waals surface area contributed by atoms with Crippen LogP contribution in [0, 0.1) is 40.5 Å². The molecule has 182 valence electrons. The normalized spacial score (nSPS) is 10.2. The van der Waals surface area contributed by atoms with Gasteiger partial charge in [-0.05, 0) is 24.3 Å². The third kappa shape index (κ3) is 5.39. The van der Waals surface area contributed by atoms with Crippen LogP contribution in [0.3, 0.4) is 0 Å². The van der Waals surface area contributed by atoms with Gasteiger partial charge in [0.2, 0.25) is 0 Å². The minimum absolute atomic E-state index is 0.0753. The van der Waals surface area contributed by atoms with Crippen molar-refractivity contribution in [1.29, 1.82) is 0 Å². The van der Waals surface area contributed by atoms with Crippen LogP contribution in [0.25, 0.3) is 0 Å². The number of amides is 2. The zero-order chi connectivity index (χ0) is 26.6. The summed E-state index contributed by atoms with van der Waals surface area (Å²) in [6.07, 6.45) is 0. The average molecular weight is 496 g/mol. The zero-order valence-corrected chi connectivity index (χ0v) is 17.6. The standard InChI is InChI=1S/C20H12N6O10/c27-19(21-15-9-13(23(29)30)5-7-17(15)25(33)34)11-1-2-12(4-3-11)20(28)22-16-10-14(24(31)32)6-8-18(16)26(35)36/h1-10H,(H,21,27)(H,22,28). The Bertz CT molecular complexity index is 1330. The fourth-order valence-electron chi connectivity index (χ4n) is 2.96. The van der Waals surface area contributed by atoms with E-state index in [2.05, 4.69) is 10.6 Å². The minimum Gasteiger partial charge on any atom is -0.316 e. The lowest BCUT2D eigenvalue weighted by Gasteiger charge is -2.08. The van der Waals surface area contributed by atoms with Crippen molar-refractivity contribution >= 4 is 45.9 Å². The lowest BCUT2D eigenvalue weighted by molar-refractivity contribution is -0.388. The van der Waals surface area contributed by atoms with Gasteiger partial charge in [-0.2, -0.15) is 0 Å². The van der Waals surface area contributed by atoms with Crippen molar-refractivity contribution < 1.29 is 29.3 Å². The number of hydrogen-bond donors (Lipinski definition) is 2. The van der Waals surface area contributed by atoms with Gasteiger partial charge in [0, 0.05) is 47.5 Å². The second kappa shape index (κ2) is 10.00. The molecular formula is C20H12N6O10. The number of non-ortho nitro benzene ring substituents is 2. The van der Waals surface area contributed by atoms with Crippen molar-refractivity contribution in [3.8, 4) is 0 Å². The van der Waals surface area contributed by atoms with Gasteiger partial charge in [0.25, 0.3) is 34.6 Å². The number of nitro groups is 4. The van der Waals surface area contributed by atoms with Crippen molar-refractivity contribution in [2.24, 2.45) is 0 Å². The molecule has 0 aromatic heterocycles. The highest BCUT2D eigenvalue weighted by Crippen LogP contribution is 2.30. The van der Waals surface area contributed by atoms with Gasteiger partial charge >= 0.3 is 0 Å². The number of carbonyl (C=O) groups excluding carboxylic acids is 2. The molecule has 16 nitrogen and oxygen atoms in total.